The first-order chi connectivity index (χ1) is 13.9. The van der Waals surface area contributed by atoms with Crippen molar-refractivity contribution in [3.63, 3.8) is 0 Å². The summed E-state index contributed by atoms with van der Waals surface area (Å²) in [4.78, 5) is 24.2. The van der Waals surface area contributed by atoms with Crippen molar-refractivity contribution >= 4 is 34.8 Å². The van der Waals surface area contributed by atoms with Crippen molar-refractivity contribution in [2.24, 2.45) is 5.92 Å². The molecule has 0 radical (unpaired) electrons. The van der Waals surface area contributed by atoms with Crippen molar-refractivity contribution in [3.8, 4) is 5.75 Å². The van der Waals surface area contributed by atoms with Gasteiger partial charge in [0.1, 0.15) is 5.75 Å². The first kappa shape index (κ1) is 22.4. The highest BCUT2D eigenvalue weighted by Gasteiger charge is 2.10. The summed E-state index contributed by atoms with van der Waals surface area (Å²) in [7, 11) is 0. The number of amides is 2. The van der Waals surface area contributed by atoms with Gasteiger partial charge < -0.3 is 15.4 Å². The lowest BCUT2D eigenvalue weighted by Gasteiger charge is -2.12. The molecule has 0 aliphatic rings. The molecule has 0 saturated heterocycles. The van der Waals surface area contributed by atoms with Crippen LogP contribution in [0.3, 0.4) is 0 Å². The maximum absolute atomic E-state index is 12.4. The van der Waals surface area contributed by atoms with Crippen LogP contribution in [-0.4, -0.2) is 30.1 Å². The summed E-state index contributed by atoms with van der Waals surface area (Å²) < 4.78 is 5.69. The van der Waals surface area contributed by atoms with Crippen LogP contribution in [0.1, 0.15) is 47.9 Å². The lowest BCUT2D eigenvalue weighted by Crippen LogP contribution is -2.34. The highest BCUT2D eigenvalue weighted by atomic mass is 32.1. The normalized spacial score (nSPS) is 10.3. The lowest BCUT2D eigenvalue weighted by molar-refractivity contribution is 0.0953. The number of hydrogen-bond acceptors (Lipinski definition) is 4. The molecule has 2 aromatic rings. The fourth-order valence-corrected chi connectivity index (χ4v) is 2.66. The van der Waals surface area contributed by atoms with Gasteiger partial charge in [0.25, 0.3) is 11.8 Å². The summed E-state index contributed by atoms with van der Waals surface area (Å²) in [5.41, 5.74) is 1.69. The molecule has 0 spiro atoms. The van der Waals surface area contributed by atoms with E-state index in [1.165, 1.54) is 0 Å². The zero-order valence-corrected chi connectivity index (χ0v) is 17.8. The van der Waals surface area contributed by atoms with Crippen molar-refractivity contribution in [2.45, 2.75) is 27.2 Å². The Hall–Kier alpha value is -2.93. The molecule has 0 aromatic heterocycles. The molecule has 0 bridgehead atoms. The molecule has 2 aromatic carbocycles. The number of hydrogen-bond donors (Lipinski definition) is 3. The third kappa shape index (κ3) is 7.54. The summed E-state index contributed by atoms with van der Waals surface area (Å²) >= 11 is 5.22. The number of anilines is 1. The van der Waals surface area contributed by atoms with Crippen LogP contribution in [0.4, 0.5) is 5.69 Å². The predicted molar refractivity (Wildman–Crippen MR) is 120 cm³/mol. The van der Waals surface area contributed by atoms with Crippen molar-refractivity contribution in [3.05, 3.63) is 59.7 Å². The van der Waals surface area contributed by atoms with Gasteiger partial charge in [0.2, 0.25) is 0 Å². The number of carbonyl (C=O) groups excluding carboxylic acids is 2. The average Bonchev–Trinajstić information content (AvgIpc) is 2.68. The van der Waals surface area contributed by atoms with Gasteiger partial charge in [-0.15, -0.1) is 0 Å². The van der Waals surface area contributed by atoms with Crippen LogP contribution in [0.15, 0.2) is 48.5 Å². The predicted octanol–water partition coefficient (Wildman–Crippen LogP) is 3.99. The molecule has 0 saturated carbocycles. The van der Waals surface area contributed by atoms with Crippen LogP contribution >= 0.6 is 12.2 Å². The average molecular weight is 414 g/mol. The van der Waals surface area contributed by atoms with Crippen molar-refractivity contribution in [2.75, 3.05) is 18.5 Å². The van der Waals surface area contributed by atoms with Gasteiger partial charge in [0.15, 0.2) is 5.11 Å². The van der Waals surface area contributed by atoms with E-state index in [0.29, 0.717) is 41.6 Å². The van der Waals surface area contributed by atoms with Crippen LogP contribution in [0.5, 0.6) is 5.75 Å². The van der Waals surface area contributed by atoms with Crippen LogP contribution in [0.2, 0.25) is 0 Å². The van der Waals surface area contributed by atoms with Gasteiger partial charge in [-0.05, 0) is 73.9 Å². The van der Waals surface area contributed by atoms with Gasteiger partial charge in [-0.2, -0.15) is 0 Å². The minimum Gasteiger partial charge on any atom is -0.494 e. The first-order valence-corrected chi connectivity index (χ1v) is 10.0. The molecule has 0 aliphatic carbocycles. The van der Waals surface area contributed by atoms with Gasteiger partial charge in [0.05, 0.1) is 6.61 Å². The molecule has 29 heavy (non-hydrogen) atoms. The van der Waals surface area contributed by atoms with Crippen molar-refractivity contribution in [1.82, 2.24) is 10.6 Å². The molecule has 0 fully saturated rings. The number of carbonyl (C=O) groups is 2. The molecule has 7 heteroatoms. The van der Waals surface area contributed by atoms with E-state index in [0.717, 1.165) is 6.42 Å². The molecule has 2 amide bonds. The number of benzene rings is 2. The van der Waals surface area contributed by atoms with Gasteiger partial charge in [-0.1, -0.05) is 19.9 Å². The second kappa shape index (κ2) is 11.2. The largest absolute Gasteiger partial charge is 0.494 e. The van der Waals surface area contributed by atoms with E-state index in [9.17, 15) is 9.59 Å². The van der Waals surface area contributed by atoms with Crippen LogP contribution in [-0.2, 0) is 0 Å². The molecule has 2 rings (SSSR count). The standard InChI is InChI=1S/C22H27N3O3S/c1-4-23-20(26)16-8-10-18(11-9-16)24-22(29)25-21(27)17-6-5-7-19(14-17)28-13-12-15(2)3/h5-11,14-15H,4,12-13H2,1-3H3,(H,23,26)(H2,24,25,27,29). The Morgan fingerprint density at radius 1 is 1.03 bits per heavy atom. The second-order valence-corrected chi connectivity index (χ2v) is 7.31. The summed E-state index contributed by atoms with van der Waals surface area (Å²) in [6.45, 7) is 7.31. The van der Waals surface area contributed by atoms with E-state index < -0.39 is 0 Å². The van der Waals surface area contributed by atoms with Crippen LogP contribution < -0.4 is 20.7 Å². The van der Waals surface area contributed by atoms with E-state index in [4.69, 9.17) is 17.0 Å². The molecule has 6 nitrogen and oxygen atoms in total. The van der Waals surface area contributed by atoms with E-state index in [-0.39, 0.29) is 16.9 Å². The van der Waals surface area contributed by atoms with E-state index >= 15 is 0 Å². The van der Waals surface area contributed by atoms with Crippen molar-refractivity contribution in [1.29, 1.82) is 0 Å². The smallest absolute Gasteiger partial charge is 0.257 e. The number of thiocarbonyl (C=S) groups is 1. The molecule has 0 heterocycles. The second-order valence-electron chi connectivity index (χ2n) is 6.90. The van der Waals surface area contributed by atoms with Crippen LogP contribution in [0, 0.1) is 5.92 Å². The van der Waals surface area contributed by atoms with E-state index in [2.05, 4.69) is 29.8 Å². The SMILES string of the molecule is CCNC(=O)c1ccc(NC(=S)NC(=O)c2cccc(OCCC(C)C)c2)cc1. The quantitative estimate of drug-likeness (QED) is 0.571. The fraction of sp³-hybridized carbons (Fsp3) is 0.318. The highest BCUT2D eigenvalue weighted by Crippen LogP contribution is 2.15. The van der Waals surface area contributed by atoms with Crippen LogP contribution in [0.25, 0.3) is 0 Å². The Labute approximate surface area is 177 Å². The molecule has 0 atom stereocenters. The van der Waals surface area contributed by atoms with Gasteiger partial charge >= 0.3 is 0 Å². The molecular weight excluding hydrogens is 386 g/mol. The summed E-state index contributed by atoms with van der Waals surface area (Å²) in [5, 5.41) is 8.50. The molecule has 0 unspecified atom stereocenters. The third-order valence-corrected chi connectivity index (χ3v) is 4.23. The maximum atomic E-state index is 12.4. The zero-order chi connectivity index (χ0) is 21.2. The Morgan fingerprint density at radius 3 is 2.41 bits per heavy atom. The molecule has 3 N–H and O–H groups in total. The topological polar surface area (TPSA) is 79.5 Å². The van der Waals surface area contributed by atoms with Gasteiger partial charge in [0, 0.05) is 23.4 Å². The number of ether oxygens (including phenoxy) is 1. The third-order valence-electron chi connectivity index (χ3n) is 4.03. The van der Waals surface area contributed by atoms with Gasteiger partial charge in [-0.3, -0.25) is 14.9 Å². The Balaban J connectivity index is 1.90. The minimum atomic E-state index is -0.323. The Bertz CT molecular complexity index is 851. The van der Waals surface area contributed by atoms with Crippen molar-refractivity contribution < 1.29 is 14.3 Å². The first-order valence-electron chi connectivity index (χ1n) is 9.62. The summed E-state index contributed by atoms with van der Waals surface area (Å²) in [6.07, 6.45) is 0.948. The maximum Gasteiger partial charge on any atom is 0.257 e. The monoisotopic (exact) mass is 413 g/mol. The molecular formula is C22H27N3O3S. The number of rotatable bonds is 8. The Kier molecular flexibility index (Phi) is 8.61. The fourth-order valence-electron chi connectivity index (χ4n) is 2.44. The highest BCUT2D eigenvalue weighted by molar-refractivity contribution is 7.80. The Morgan fingerprint density at radius 2 is 1.76 bits per heavy atom. The lowest BCUT2D eigenvalue weighted by atomic mass is 10.1. The number of nitrogens with one attached hydrogen (secondary N) is 3. The van der Waals surface area contributed by atoms with Gasteiger partial charge in [-0.25, -0.2) is 0 Å². The van der Waals surface area contributed by atoms with E-state index in [1.54, 1.807) is 42.5 Å². The molecule has 154 valence electrons. The molecule has 0 aliphatic heterocycles. The summed E-state index contributed by atoms with van der Waals surface area (Å²) in [6, 6.07) is 13.8. The zero-order valence-electron chi connectivity index (χ0n) is 17.0. The minimum absolute atomic E-state index is 0.134. The van der Waals surface area contributed by atoms with E-state index in [1.807, 2.05) is 13.0 Å². The summed E-state index contributed by atoms with van der Waals surface area (Å²) in [5.74, 6) is 0.749.